The zero-order valence-corrected chi connectivity index (χ0v) is 14.4. The number of nitriles is 2. The smallest absolute Gasteiger partial charge is 0.391 e. The van der Waals surface area contributed by atoms with E-state index in [-0.39, 0.29) is 5.88 Å². The third-order valence-electron chi connectivity index (χ3n) is 3.22. The molecule has 0 fully saturated rings. The molecule has 0 unspecified atom stereocenters. The van der Waals surface area contributed by atoms with E-state index in [4.69, 9.17) is 22.0 Å². The van der Waals surface area contributed by atoms with Crippen molar-refractivity contribution in [2.45, 2.75) is 27.7 Å². The number of primary amides is 1. The molecule has 0 aliphatic rings. The molecule has 0 atom stereocenters. The van der Waals surface area contributed by atoms with Crippen molar-refractivity contribution in [2.75, 3.05) is 5.73 Å². The van der Waals surface area contributed by atoms with Gasteiger partial charge in [-0.05, 0) is 44.9 Å². The van der Waals surface area contributed by atoms with Crippen LogP contribution >= 0.6 is 0 Å². The second kappa shape index (κ2) is 8.27. The van der Waals surface area contributed by atoms with E-state index in [1.165, 1.54) is 6.07 Å². The summed E-state index contributed by atoms with van der Waals surface area (Å²) >= 11 is 0. The van der Waals surface area contributed by atoms with E-state index < -0.39 is 6.09 Å². The van der Waals surface area contributed by atoms with E-state index in [0.29, 0.717) is 33.9 Å². The van der Waals surface area contributed by atoms with Crippen LogP contribution in [0.1, 0.15) is 33.6 Å². The largest absolute Gasteiger partial charge is 0.411 e. The summed E-state index contributed by atoms with van der Waals surface area (Å²) < 4.78 is 4.59. The summed E-state index contributed by atoms with van der Waals surface area (Å²) in [6.45, 7) is 7.03. The fourth-order valence-corrected chi connectivity index (χ4v) is 2.15. The van der Waals surface area contributed by atoms with Gasteiger partial charge in [0.2, 0.25) is 5.88 Å². The molecule has 25 heavy (non-hydrogen) atoms. The molecule has 0 spiro atoms. The number of nitrogens with two attached hydrogens (primary N) is 2. The molecule has 0 saturated heterocycles. The number of nitrogen functional groups attached to an aromatic ring is 1. The van der Waals surface area contributed by atoms with E-state index in [0.717, 1.165) is 5.56 Å². The van der Waals surface area contributed by atoms with Crippen LogP contribution in [0.3, 0.4) is 0 Å². The second-order valence-electron chi connectivity index (χ2n) is 5.21. The molecule has 0 bridgehead atoms. The highest BCUT2D eigenvalue weighted by atomic mass is 16.6. The molecule has 2 heterocycles. The number of carbonyl (C=O) groups excluding carboxylic acids is 1. The Labute approximate surface area is 145 Å². The maximum Gasteiger partial charge on any atom is 0.411 e. The zero-order valence-electron chi connectivity index (χ0n) is 14.4. The topological polar surface area (TPSA) is 152 Å². The molecule has 2 rings (SSSR count). The molecule has 8 heteroatoms. The van der Waals surface area contributed by atoms with Crippen molar-refractivity contribution in [1.29, 1.82) is 10.5 Å². The Morgan fingerprint density at radius 1 is 1.00 bits per heavy atom. The Kier molecular flexibility index (Phi) is 6.42. The summed E-state index contributed by atoms with van der Waals surface area (Å²) in [4.78, 5) is 18.3. The number of anilines is 1. The van der Waals surface area contributed by atoms with Crippen LogP contribution in [0.2, 0.25) is 0 Å². The third kappa shape index (κ3) is 5.19. The van der Waals surface area contributed by atoms with Crippen molar-refractivity contribution >= 4 is 11.9 Å². The third-order valence-corrected chi connectivity index (χ3v) is 3.22. The number of aryl methyl sites for hydroxylation is 4. The Hall–Kier alpha value is -3.65. The highest BCUT2D eigenvalue weighted by Gasteiger charge is 2.08. The molecule has 1 amide bonds. The SMILES string of the molecule is Cc1cc(N)nc(C)c1C#N.Cc1cc(OC(N)=O)nc(C)c1C#N. The quantitative estimate of drug-likeness (QED) is 0.808. The van der Waals surface area contributed by atoms with Gasteiger partial charge in [0.1, 0.15) is 18.0 Å². The van der Waals surface area contributed by atoms with Crippen LogP contribution in [-0.4, -0.2) is 16.1 Å². The van der Waals surface area contributed by atoms with E-state index in [9.17, 15) is 4.79 Å². The molecule has 0 saturated carbocycles. The van der Waals surface area contributed by atoms with E-state index >= 15 is 0 Å². The van der Waals surface area contributed by atoms with Gasteiger partial charge in [0.25, 0.3) is 0 Å². The summed E-state index contributed by atoms with van der Waals surface area (Å²) in [5.74, 6) is 0.588. The number of aromatic nitrogens is 2. The van der Waals surface area contributed by atoms with Gasteiger partial charge in [-0.1, -0.05) is 0 Å². The highest BCUT2D eigenvalue weighted by molar-refractivity contribution is 5.67. The van der Waals surface area contributed by atoms with Gasteiger partial charge in [0.05, 0.1) is 22.5 Å². The number of ether oxygens (including phenoxy) is 1. The summed E-state index contributed by atoms with van der Waals surface area (Å²) in [7, 11) is 0. The Balaban J connectivity index is 0.000000257. The molecule has 0 aliphatic heterocycles. The Bertz CT molecular complexity index is 847. The van der Waals surface area contributed by atoms with Crippen LogP contribution in [0.5, 0.6) is 5.88 Å². The Morgan fingerprint density at radius 3 is 1.88 bits per heavy atom. The van der Waals surface area contributed by atoms with E-state index in [2.05, 4.69) is 20.8 Å². The van der Waals surface area contributed by atoms with Gasteiger partial charge in [0.15, 0.2) is 0 Å². The maximum atomic E-state index is 10.4. The average molecular weight is 338 g/mol. The van der Waals surface area contributed by atoms with Crippen molar-refractivity contribution < 1.29 is 9.53 Å². The van der Waals surface area contributed by atoms with Gasteiger partial charge >= 0.3 is 6.09 Å². The van der Waals surface area contributed by atoms with Crippen LogP contribution in [0, 0.1) is 50.4 Å². The lowest BCUT2D eigenvalue weighted by Gasteiger charge is -2.04. The Morgan fingerprint density at radius 2 is 1.48 bits per heavy atom. The predicted octanol–water partition coefficient (Wildman–Crippen LogP) is 2.18. The number of pyridine rings is 2. The molecule has 0 radical (unpaired) electrons. The first-order chi connectivity index (χ1) is 11.7. The highest BCUT2D eigenvalue weighted by Crippen LogP contribution is 2.16. The zero-order chi connectivity index (χ0) is 19.1. The first-order valence-corrected chi connectivity index (χ1v) is 7.19. The summed E-state index contributed by atoms with van der Waals surface area (Å²) in [6, 6.07) is 7.28. The number of amides is 1. The molecule has 128 valence electrons. The monoisotopic (exact) mass is 338 g/mol. The van der Waals surface area contributed by atoms with E-state index in [1.807, 2.05) is 13.0 Å². The van der Waals surface area contributed by atoms with Crippen molar-refractivity contribution in [2.24, 2.45) is 5.73 Å². The van der Waals surface area contributed by atoms with Gasteiger partial charge in [-0.2, -0.15) is 10.5 Å². The molecule has 2 aromatic rings. The maximum absolute atomic E-state index is 10.4. The predicted molar refractivity (Wildman–Crippen MR) is 91.5 cm³/mol. The average Bonchev–Trinajstić information content (AvgIpc) is 2.46. The molecule has 0 aromatic carbocycles. The van der Waals surface area contributed by atoms with Gasteiger partial charge < -0.3 is 16.2 Å². The lowest BCUT2D eigenvalue weighted by molar-refractivity contribution is 0.209. The number of rotatable bonds is 1. The second-order valence-corrected chi connectivity index (χ2v) is 5.21. The summed E-state index contributed by atoms with van der Waals surface area (Å²) in [6.07, 6.45) is -0.916. The first kappa shape index (κ1) is 19.4. The van der Waals surface area contributed by atoms with E-state index in [1.54, 1.807) is 26.8 Å². The van der Waals surface area contributed by atoms with Gasteiger partial charge in [-0.15, -0.1) is 0 Å². The number of nitrogens with zero attached hydrogens (tertiary/aromatic N) is 4. The molecule has 4 N–H and O–H groups in total. The lowest BCUT2D eigenvalue weighted by Crippen LogP contribution is -2.17. The normalized spacial score (nSPS) is 9.20. The molecular weight excluding hydrogens is 320 g/mol. The minimum absolute atomic E-state index is 0.117. The minimum atomic E-state index is -0.916. The van der Waals surface area contributed by atoms with Crippen LogP contribution in [0.25, 0.3) is 0 Å². The number of hydrogen-bond acceptors (Lipinski definition) is 7. The number of carbonyl (C=O) groups is 1. The molecule has 8 nitrogen and oxygen atoms in total. The van der Waals surface area contributed by atoms with Crippen molar-refractivity contribution in [1.82, 2.24) is 9.97 Å². The molecule has 0 aliphatic carbocycles. The van der Waals surface area contributed by atoms with Crippen LogP contribution in [-0.2, 0) is 0 Å². The fourth-order valence-electron chi connectivity index (χ4n) is 2.15. The summed E-state index contributed by atoms with van der Waals surface area (Å²) in [5.41, 5.74) is 14.2. The van der Waals surface area contributed by atoms with Crippen molar-refractivity contribution in [3.8, 4) is 18.0 Å². The molecular formula is C17H18N6O2. The van der Waals surface area contributed by atoms with Gasteiger partial charge in [-0.3, -0.25) is 0 Å². The minimum Gasteiger partial charge on any atom is -0.391 e. The van der Waals surface area contributed by atoms with Crippen LogP contribution < -0.4 is 16.2 Å². The van der Waals surface area contributed by atoms with Crippen molar-refractivity contribution in [3.05, 3.63) is 45.8 Å². The fraction of sp³-hybridized carbons (Fsp3) is 0.235. The number of hydrogen-bond donors (Lipinski definition) is 2. The first-order valence-electron chi connectivity index (χ1n) is 7.19. The van der Waals surface area contributed by atoms with Crippen LogP contribution in [0.4, 0.5) is 10.6 Å². The van der Waals surface area contributed by atoms with Gasteiger partial charge in [0, 0.05) is 6.07 Å². The standard InChI is InChI=1S/C9H9N3O2.C8H9N3/c1-5-3-8(14-9(11)13)12-6(2)7(5)4-10;1-5-3-8(10)11-6(2)7(5)4-9/h3H,1-2H3,(H2,11,13);3H,1-2H3,(H2,10,11). The lowest BCUT2D eigenvalue weighted by atomic mass is 10.1. The molecule has 2 aromatic heterocycles. The van der Waals surface area contributed by atoms with Gasteiger partial charge in [-0.25, -0.2) is 14.8 Å². The van der Waals surface area contributed by atoms with Crippen molar-refractivity contribution in [3.63, 3.8) is 0 Å². The summed E-state index contributed by atoms with van der Waals surface area (Å²) in [5, 5.41) is 17.4. The van der Waals surface area contributed by atoms with Crippen LogP contribution in [0.15, 0.2) is 12.1 Å².